The molecule has 198 valence electrons. The zero-order valence-corrected chi connectivity index (χ0v) is 22.0. The molecule has 6 aromatic carbocycles. The number of nitrogens with one attached hydrogen (secondary N) is 2. The molecule has 0 bridgehead atoms. The van der Waals surface area contributed by atoms with Crippen LogP contribution in [0.25, 0.3) is 21.5 Å². The lowest BCUT2D eigenvalue weighted by molar-refractivity contribution is 0.0626. The number of hydrogen-bond acceptors (Lipinski definition) is 5. The van der Waals surface area contributed by atoms with Crippen LogP contribution in [0.1, 0.15) is 0 Å². The third-order valence-corrected chi connectivity index (χ3v) is 6.67. The summed E-state index contributed by atoms with van der Waals surface area (Å²) in [7, 11) is 0. The van der Waals surface area contributed by atoms with Gasteiger partial charge in [-0.1, -0.05) is 60.7 Å². The van der Waals surface area contributed by atoms with Crippen molar-refractivity contribution < 1.29 is 14.6 Å². The van der Waals surface area contributed by atoms with E-state index in [0.29, 0.717) is 11.5 Å². The van der Waals surface area contributed by atoms with Gasteiger partial charge in [-0.15, -0.1) is 0 Å². The quantitative estimate of drug-likeness (QED) is 0.168. The molecule has 0 heterocycles. The Kier molecular flexibility index (Phi) is 7.46. The second-order valence-electron chi connectivity index (χ2n) is 9.70. The summed E-state index contributed by atoms with van der Waals surface area (Å²) in [5.41, 5.74) is 3.98. The average molecular weight is 527 g/mol. The molecule has 40 heavy (non-hydrogen) atoms. The van der Waals surface area contributed by atoms with Crippen molar-refractivity contribution in [1.82, 2.24) is 0 Å². The predicted octanol–water partition coefficient (Wildman–Crippen LogP) is 8.30. The number of fused-ring (bicyclic) bond motifs is 2. The van der Waals surface area contributed by atoms with Gasteiger partial charge in [-0.05, 0) is 94.3 Å². The Labute approximate surface area is 233 Å². The van der Waals surface area contributed by atoms with Crippen molar-refractivity contribution in [2.75, 3.05) is 23.8 Å². The standard InChI is InChI=1S/C35H30N2O3/c38-33(23-39-34-17-13-29(14-18-34)36-31-11-9-25-5-1-3-7-27(25)21-31)24-40-35-19-15-30(16-20-35)37-32-12-10-26-6-2-4-8-28(26)22-32/h1-22,33,36-38H,23-24H2. The molecular weight excluding hydrogens is 496 g/mol. The number of rotatable bonds is 10. The van der Waals surface area contributed by atoms with Gasteiger partial charge in [0.2, 0.25) is 0 Å². The number of anilines is 4. The zero-order valence-electron chi connectivity index (χ0n) is 22.0. The number of aliphatic hydroxyl groups is 1. The molecule has 0 radical (unpaired) electrons. The van der Waals surface area contributed by atoms with Crippen LogP contribution in [0.5, 0.6) is 11.5 Å². The van der Waals surface area contributed by atoms with Crippen molar-refractivity contribution in [3.63, 3.8) is 0 Å². The highest BCUT2D eigenvalue weighted by Gasteiger charge is 2.08. The Hall–Kier alpha value is -5.00. The summed E-state index contributed by atoms with van der Waals surface area (Å²) in [6, 6.07) is 44.6. The Morgan fingerprint density at radius 2 is 0.825 bits per heavy atom. The minimum atomic E-state index is -0.759. The van der Waals surface area contributed by atoms with Crippen molar-refractivity contribution in [1.29, 1.82) is 0 Å². The summed E-state index contributed by atoms with van der Waals surface area (Å²) in [4.78, 5) is 0. The van der Waals surface area contributed by atoms with E-state index >= 15 is 0 Å². The molecule has 0 unspecified atom stereocenters. The molecular formula is C35H30N2O3. The van der Waals surface area contributed by atoms with Crippen LogP contribution in [-0.2, 0) is 0 Å². The number of aliphatic hydroxyl groups excluding tert-OH is 1. The highest BCUT2D eigenvalue weighted by molar-refractivity contribution is 5.87. The fraction of sp³-hybridized carbons (Fsp3) is 0.0857. The van der Waals surface area contributed by atoms with Crippen molar-refractivity contribution in [2.24, 2.45) is 0 Å². The van der Waals surface area contributed by atoms with Crippen LogP contribution in [0.3, 0.4) is 0 Å². The van der Waals surface area contributed by atoms with E-state index in [2.05, 4.69) is 71.3 Å². The monoisotopic (exact) mass is 526 g/mol. The van der Waals surface area contributed by atoms with Crippen LogP contribution in [-0.4, -0.2) is 24.4 Å². The molecule has 0 spiro atoms. The number of benzene rings is 6. The number of hydrogen-bond donors (Lipinski definition) is 3. The first-order valence-corrected chi connectivity index (χ1v) is 13.3. The topological polar surface area (TPSA) is 62.8 Å². The van der Waals surface area contributed by atoms with Gasteiger partial charge in [-0.3, -0.25) is 0 Å². The van der Waals surface area contributed by atoms with Crippen molar-refractivity contribution in [3.05, 3.63) is 133 Å². The Balaban J connectivity index is 0.955. The molecule has 0 saturated carbocycles. The maximum Gasteiger partial charge on any atom is 0.122 e. The second kappa shape index (κ2) is 11.8. The summed E-state index contributed by atoms with van der Waals surface area (Å²) >= 11 is 0. The van der Waals surface area contributed by atoms with Gasteiger partial charge in [-0.25, -0.2) is 0 Å². The first-order chi connectivity index (χ1) is 19.7. The second-order valence-corrected chi connectivity index (χ2v) is 9.70. The fourth-order valence-electron chi connectivity index (χ4n) is 4.57. The summed E-state index contributed by atoms with van der Waals surface area (Å²) in [5, 5.41) is 22.0. The molecule has 0 aliphatic rings. The first kappa shape index (κ1) is 25.3. The lowest BCUT2D eigenvalue weighted by Crippen LogP contribution is -2.25. The summed E-state index contributed by atoms with van der Waals surface area (Å²) in [6.07, 6.45) is -0.759. The Bertz CT molecular complexity index is 1590. The van der Waals surface area contributed by atoms with Gasteiger partial charge in [-0.2, -0.15) is 0 Å². The molecule has 0 aliphatic carbocycles. The summed E-state index contributed by atoms with van der Waals surface area (Å²) in [6.45, 7) is 0.276. The van der Waals surface area contributed by atoms with Crippen LogP contribution in [0.4, 0.5) is 22.7 Å². The van der Waals surface area contributed by atoms with Crippen LogP contribution in [0.2, 0.25) is 0 Å². The number of ether oxygens (including phenoxy) is 2. The lowest BCUT2D eigenvalue weighted by atomic mass is 10.1. The highest BCUT2D eigenvalue weighted by Crippen LogP contribution is 2.25. The van der Waals surface area contributed by atoms with E-state index in [4.69, 9.17) is 9.47 Å². The fourth-order valence-corrected chi connectivity index (χ4v) is 4.57. The molecule has 0 aromatic heterocycles. The van der Waals surface area contributed by atoms with E-state index in [0.717, 1.165) is 22.7 Å². The van der Waals surface area contributed by atoms with E-state index < -0.39 is 6.10 Å². The first-order valence-electron chi connectivity index (χ1n) is 13.3. The molecule has 6 rings (SSSR count). The lowest BCUT2D eigenvalue weighted by Gasteiger charge is -2.15. The molecule has 0 aliphatic heterocycles. The minimum Gasteiger partial charge on any atom is -0.491 e. The molecule has 0 amide bonds. The van der Waals surface area contributed by atoms with E-state index in [-0.39, 0.29) is 13.2 Å². The molecule has 5 heteroatoms. The van der Waals surface area contributed by atoms with E-state index in [1.165, 1.54) is 21.5 Å². The predicted molar refractivity (Wildman–Crippen MR) is 164 cm³/mol. The molecule has 0 fully saturated rings. The minimum absolute atomic E-state index is 0.138. The van der Waals surface area contributed by atoms with Gasteiger partial charge < -0.3 is 25.2 Å². The largest absolute Gasteiger partial charge is 0.491 e. The van der Waals surface area contributed by atoms with Gasteiger partial charge in [0.15, 0.2) is 0 Å². The Morgan fingerprint density at radius 3 is 1.25 bits per heavy atom. The third kappa shape index (κ3) is 6.34. The average Bonchev–Trinajstić information content (AvgIpc) is 3.00. The van der Waals surface area contributed by atoms with Crippen molar-refractivity contribution in [3.8, 4) is 11.5 Å². The molecule has 3 N–H and O–H groups in total. The van der Waals surface area contributed by atoms with Crippen LogP contribution in [0, 0.1) is 0 Å². The van der Waals surface area contributed by atoms with Crippen LogP contribution < -0.4 is 20.1 Å². The van der Waals surface area contributed by atoms with Crippen molar-refractivity contribution >= 4 is 44.3 Å². The smallest absolute Gasteiger partial charge is 0.122 e. The maximum absolute atomic E-state index is 10.4. The van der Waals surface area contributed by atoms with Gasteiger partial charge in [0.1, 0.15) is 30.8 Å². The molecule has 0 saturated heterocycles. The maximum atomic E-state index is 10.4. The zero-order chi connectivity index (χ0) is 27.1. The summed E-state index contributed by atoms with van der Waals surface area (Å²) in [5.74, 6) is 1.37. The third-order valence-electron chi connectivity index (χ3n) is 6.67. The van der Waals surface area contributed by atoms with E-state index in [9.17, 15) is 5.11 Å². The normalized spacial score (nSPS) is 11.1. The van der Waals surface area contributed by atoms with Crippen molar-refractivity contribution in [2.45, 2.75) is 6.10 Å². The van der Waals surface area contributed by atoms with Gasteiger partial charge in [0, 0.05) is 22.7 Å². The van der Waals surface area contributed by atoms with E-state index in [1.54, 1.807) is 0 Å². The van der Waals surface area contributed by atoms with Gasteiger partial charge in [0.05, 0.1) is 0 Å². The van der Waals surface area contributed by atoms with Gasteiger partial charge >= 0.3 is 0 Å². The molecule has 6 aromatic rings. The van der Waals surface area contributed by atoms with Gasteiger partial charge in [0.25, 0.3) is 0 Å². The summed E-state index contributed by atoms with van der Waals surface area (Å²) < 4.78 is 11.5. The van der Waals surface area contributed by atoms with Crippen LogP contribution >= 0.6 is 0 Å². The van der Waals surface area contributed by atoms with E-state index in [1.807, 2.05) is 72.8 Å². The molecule has 5 nitrogen and oxygen atoms in total. The highest BCUT2D eigenvalue weighted by atomic mass is 16.5. The molecule has 0 atom stereocenters. The Morgan fingerprint density at radius 1 is 0.450 bits per heavy atom. The van der Waals surface area contributed by atoms with Crippen LogP contribution in [0.15, 0.2) is 133 Å². The SMILES string of the molecule is OC(COc1ccc(Nc2ccc3ccccc3c2)cc1)COc1ccc(Nc2ccc3ccccc3c2)cc1.